The fourth-order valence-electron chi connectivity index (χ4n) is 2.14. The molecular weight excluding hydrogens is 240 g/mol. The lowest BCUT2D eigenvalue weighted by Gasteiger charge is -2.20. The molecule has 0 bridgehead atoms. The minimum Gasteiger partial charge on any atom is -0.387 e. The Hall–Kier alpha value is -1.65. The molecule has 2 rings (SSSR count). The number of aryl methyl sites for hydroxylation is 2. The van der Waals surface area contributed by atoms with Crippen LogP contribution in [0.2, 0.25) is 0 Å². The molecule has 0 fully saturated rings. The molecule has 1 heterocycles. The van der Waals surface area contributed by atoms with Gasteiger partial charge >= 0.3 is 0 Å². The van der Waals surface area contributed by atoms with Crippen LogP contribution >= 0.6 is 0 Å². The van der Waals surface area contributed by atoms with E-state index in [1.165, 1.54) is 0 Å². The molecular formula is C15H20N2O2. The first-order valence-corrected chi connectivity index (χ1v) is 6.41. The highest BCUT2D eigenvalue weighted by molar-refractivity contribution is 5.21. The molecule has 1 N–H and O–H groups in total. The summed E-state index contributed by atoms with van der Waals surface area (Å²) in [6, 6.07) is 9.70. The normalized spacial score (nSPS) is 12.9. The molecule has 0 spiro atoms. The van der Waals surface area contributed by atoms with Crippen molar-refractivity contribution in [1.82, 2.24) is 10.1 Å². The van der Waals surface area contributed by atoms with Crippen molar-refractivity contribution in [2.45, 2.75) is 26.5 Å². The molecule has 0 unspecified atom stereocenters. The van der Waals surface area contributed by atoms with Crippen LogP contribution in [0.5, 0.6) is 0 Å². The Balaban J connectivity index is 1.97. The van der Waals surface area contributed by atoms with Crippen molar-refractivity contribution < 1.29 is 9.63 Å². The van der Waals surface area contributed by atoms with Crippen LogP contribution in [-0.4, -0.2) is 28.8 Å². The summed E-state index contributed by atoms with van der Waals surface area (Å²) in [7, 11) is 1.98. The quantitative estimate of drug-likeness (QED) is 0.897. The molecule has 0 aliphatic heterocycles. The smallest absolute Gasteiger partial charge is 0.138 e. The minimum absolute atomic E-state index is 0.480. The molecule has 0 aliphatic carbocycles. The monoisotopic (exact) mass is 260 g/mol. The van der Waals surface area contributed by atoms with Crippen molar-refractivity contribution in [3.05, 3.63) is 52.9 Å². The maximum atomic E-state index is 10.2. The number of aromatic nitrogens is 1. The second-order valence-electron chi connectivity index (χ2n) is 4.93. The number of benzene rings is 1. The molecule has 0 amide bonds. The number of likely N-dealkylation sites (N-methyl/N-ethyl adjacent to an activating group) is 1. The summed E-state index contributed by atoms with van der Waals surface area (Å²) >= 11 is 0. The average molecular weight is 260 g/mol. The average Bonchev–Trinajstić information content (AvgIpc) is 2.71. The molecule has 0 saturated heterocycles. The van der Waals surface area contributed by atoms with Gasteiger partial charge in [-0.05, 0) is 26.5 Å². The van der Waals surface area contributed by atoms with Crippen LogP contribution in [0.4, 0.5) is 0 Å². The summed E-state index contributed by atoms with van der Waals surface area (Å²) in [5.41, 5.74) is 2.95. The summed E-state index contributed by atoms with van der Waals surface area (Å²) in [6.07, 6.45) is -0.480. The van der Waals surface area contributed by atoms with Crippen molar-refractivity contribution in [2.75, 3.05) is 13.6 Å². The van der Waals surface area contributed by atoms with Gasteiger partial charge in [0, 0.05) is 18.7 Å². The molecule has 19 heavy (non-hydrogen) atoms. The summed E-state index contributed by atoms with van der Waals surface area (Å²) in [6.45, 7) is 5.16. The fourth-order valence-corrected chi connectivity index (χ4v) is 2.14. The lowest BCUT2D eigenvalue weighted by atomic mass is 10.1. The van der Waals surface area contributed by atoms with E-state index in [1.54, 1.807) is 0 Å². The number of rotatable bonds is 5. The highest BCUT2D eigenvalue weighted by atomic mass is 16.5. The maximum absolute atomic E-state index is 10.2. The van der Waals surface area contributed by atoms with Crippen LogP contribution in [-0.2, 0) is 6.54 Å². The zero-order valence-electron chi connectivity index (χ0n) is 11.6. The number of hydrogen-bond acceptors (Lipinski definition) is 4. The molecule has 0 saturated carbocycles. The van der Waals surface area contributed by atoms with E-state index in [4.69, 9.17) is 4.52 Å². The third kappa shape index (κ3) is 3.43. The van der Waals surface area contributed by atoms with Crippen LogP contribution < -0.4 is 0 Å². The van der Waals surface area contributed by atoms with Crippen molar-refractivity contribution in [1.29, 1.82) is 0 Å². The molecule has 1 aromatic heterocycles. The minimum atomic E-state index is -0.480. The number of aliphatic hydroxyl groups excluding tert-OH is 1. The van der Waals surface area contributed by atoms with Gasteiger partial charge in [-0.15, -0.1) is 0 Å². The molecule has 4 heteroatoms. The molecule has 102 valence electrons. The Morgan fingerprint density at radius 3 is 2.53 bits per heavy atom. The molecule has 1 atom stereocenters. The van der Waals surface area contributed by atoms with Crippen LogP contribution in [0.25, 0.3) is 0 Å². The topological polar surface area (TPSA) is 49.5 Å². The van der Waals surface area contributed by atoms with Crippen LogP contribution in [0.3, 0.4) is 0 Å². The van der Waals surface area contributed by atoms with Gasteiger partial charge in [0.1, 0.15) is 5.76 Å². The largest absolute Gasteiger partial charge is 0.387 e. The third-order valence-electron chi connectivity index (χ3n) is 3.28. The van der Waals surface area contributed by atoms with Crippen molar-refractivity contribution in [3.63, 3.8) is 0 Å². The first-order chi connectivity index (χ1) is 9.08. The van der Waals surface area contributed by atoms with E-state index < -0.39 is 6.10 Å². The zero-order valence-corrected chi connectivity index (χ0v) is 11.6. The molecule has 0 aliphatic rings. The van der Waals surface area contributed by atoms with Gasteiger partial charge in [-0.1, -0.05) is 35.5 Å². The summed E-state index contributed by atoms with van der Waals surface area (Å²) < 4.78 is 5.15. The van der Waals surface area contributed by atoms with Gasteiger partial charge in [0.25, 0.3) is 0 Å². The Morgan fingerprint density at radius 1 is 1.26 bits per heavy atom. The second kappa shape index (κ2) is 5.99. The van der Waals surface area contributed by atoms with Gasteiger partial charge in [-0.3, -0.25) is 4.90 Å². The Kier molecular flexibility index (Phi) is 4.35. The number of nitrogens with zero attached hydrogens (tertiary/aromatic N) is 2. The van der Waals surface area contributed by atoms with Gasteiger partial charge in [0.15, 0.2) is 0 Å². The first-order valence-electron chi connectivity index (χ1n) is 6.41. The van der Waals surface area contributed by atoms with E-state index in [-0.39, 0.29) is 0 Å². The van der Waals surface area contributed by atoms with Gasteiger partial charge in [-0.25, -0.2) is 0 Å². The Morgan fingerprint density at radius 2 is 1.95 bits per heavy atom. The maximum Gasteiger partial charge on any atom is 0.138 e. The second-order valence-corrected chi connectivity index (χ2v) is 4.93. The fraction of sp³-hybridized carbons (Fsp3) is 0.400. The van der Waals surface area contributed by atoms with Crippen LogP contribution in [0.15, 0.2) is 34.9 Å². The van der Waals surface area contributed by atoms with E-state index in [0.717, 1.165) is 29.1 Å². The summed E-state index contributed by atoms with van der Waals surface area (Å²) in [4.78, 5) is 2.07. The SMILES string of the molecule is Cc1noc(C)c1CN(C)C[C@H](O)c1ccccc1. The highest BCUT2D eigenvalue weighted by Crippen LogP contribution is 2.17. The highest BCUT2D eigenvalue weighted by Gasteiger charge is 2.14. The molecule has 1 aromatic carbocycles. The zero-order chi connectivity index (χ0) is 13.8. The van der Waals surface area contributed by atoms with Gasteiger partial charge < -0.3 is 9.63 Å². The van der Waals surface area contributed by atoms with E-state index in [9.17, 15) is 5.11 Å². The summed E-state index contributed by atoms with van der Waals surface area (Å²) in [5, 5.41) is 14.1. The van der Waals surface area contributed by atoms with Crippen LogP contribution in [0.1, 0.15) is 28.7 Å². The Labute approximate surface area is 113 Å². The number of hydrogen-bond donors (Lipinski definition) is 1. The lowest BCUT2D eigenvalue weighted by Crippen LogP contribution is -2.24. The van der Waals surface area contributed by atoms with Gasteiger partial charge in [0.2, 0.25) is 0 Å². The van der Waals surface area contributed by atoms with Gasteiger partial charge in [-0.2, -0.15) is 0 Å². The van der Waals surface area contributed by atoms with Crippen molar-refractivity contribution in [3.8, 4) is 0 Å². The predicted molar refractivity (Wildman–Crippen MR) is 73.7 cm³/mol. The third-order valence-corrected chi connectivity index (χ3v) is 3.28. The van der Waals surface area contributed by atoms with E-state index in [2.05, 4.69) is 10.1 Å². The standard InChI is InChI=1S/C15H20N2O2/c1-11-14(12(2)19-16-11)9-17(3)10-15(18)13-7-5-4-6-8-13/h4-8,15,18H,9-10H2,1-3H3/t15-/m0/s1. The Bertz CT molecular complexity index is 503. The van der Waals surface area contributed by atoms with E-state index in [0.29, 0.717) is 6.54 Å². The van der Waals surface area contributed by atoms with Crippen LogP contribution in [0, 0.1) is 13.8 Å². The van der Waals surface area contributed by atoms with E-state index in [1.807, 2.05) is 51.2 Å². The number of aliphatic hydroxyl groups is 1. The molecule has 0 radical (unpaired) electrons. The summed E-state index contributed by atoms with van der Waals surface area (Å²) in [5.74, 6) is 0.846. The molecule has 4 nitrogen and oxygen atoms in total. The van der Waals surface area contributed by atoms with Crippen molar-refractivity contribution >= 4 is 0 Å². The predicted octanol–water partition coefficient (Wildman–Crippen LogP) is 2.46. The van der Waals surface area contributed by atoms with E-state index >= 15 is 0 Å². The van der Waals surface area contributed by atoms with Gasteiger partial charge in [0.05, 0.1) is 11.8 Å². The van der Waals surface area contributed by atoms with Crippen molar-refractivity contribution in [2.24, 2.45) is 0 Å². The first kappa shape index (κ1) is 13.8. The molecule has 2 aromatic rings. The lowest BCUT2D eigenvalue weighted by molar-refractivity contribution is 0.123.